The van der Waals surface area contributed by atoms with Gasteiger partial charge in [-0.2, -0.15) is 11.3 Å². The van der Waals surface area contributed by atoms with Crippen molar-refractivity contribution in [1.82, 2.24) is 0 Å². The number of carbonyl (C=O) groups excluding carboxylic acids is 1. The smallest absolute Gasteiger partial charge is 0.194 e. The summed E-state index contributed by atoms with van der Waals surface area (Å²) < 4.78 is 6.12. The zero-order valence-corrected chi connectivity index (χ0v) is 13.5. The summed E-state index contributed by atoms with van der Waals surface area (Å²) >= 11 is 1.53. The van der Waals surface area contributed by atoms with Crippen LogP contribution in [0.4, 0.5) is 0 Å². The van der Waals surface area contributed by atoms with Crippen molar-refractivity contribution in [1.29, 1.82) is 0 Å². The van der Waals surface area contributed by atoms with E-state index in [0.717, 1.165) is 38.3 Å². The summed E-state index contributed by atoms with van der Waals surface area (Å²) in [6.45, 7) is 0. The molecule has 24 heavy (non-hydrogen) atoms. The maximum Gasteiger partial charge on any atom is 0.194 e. The molecule has 2 heterocycles. The topological polar surface area (TPSA) is 30.2 Å². The Balaban J connectivity index is 1.98. The van der Waals surface area contributed by atoms with Gasteiger partial charge in [-0.05, 0) is 29.0 Å². The van der Waals surface area contributed by atoms with E-state index in [0.29, 0.717) is 5.56 Å². The molecular formula is C21H12O2S. The molecule has 0 atom stereocenters. The lowest BCUT2D eigenvalue weighted by molar-refractivity contribution is 0.104. The van der Waals surface area contributed by atoms with Gasteiger partial charge in [-0.1, -0.05) is 42.5 Å². The minimum Gasteiger partial charge on any atom is -0.455 e. The number of fused-ring (bicyclic) bond motifs is 5. The van der Waals surface area contributed by atoms with Gasteiger partial charge in [0.25, 0.3) is 0 Å². The quantitative estimate of drug-likeness (QED) is 0.370. The Bertz CT molecular complexity index is 1210. The molecule has 0 N–H and O–H groups in total. The van der Waals surface area contributed by atoms with Gasteiger partial charge >= 0.3 is 0 Å². The molecule has 0 unspecified atom stereocenters. The summed E-state index contributed by atoms with van der Waals surface area (Å²) in [6, 6.07) is 19.8. The number of hydrogen-bond donors (Lipinski definition) is 0. The number of thiophene rings is 1. The second kappa shape index (κ2) is 5.05. The Morgan fingerprint density at radius 2 is 1.71 bits per heavy atom. The third-order valence-corrected chi connectivity index (χ3v) is 5.08. The van der Waals surface area contributed by atoms with Crippen LogP contribution in [0.3, 0.4) is 0 Å². The first kappa shape index (κ1) is 13.5. The van der Waals surface area contributed by atoms with E-state index in [1.807, 2.05) is 71.4 Å². The van der Waals surface area contributed by atoms with Crippen LogP contribution in [0, 0.1) is 0 Å². The predicted molar refractivity (Wildman–Crippen MR) is 99.0 cm³/mol. The number of hydrogen-bond acceptors (Lipinski definition) is 3. The molecule has 0 spiro atoms. The summed E-state index contributed by atoms with van der Waals surface area (Å²) in [5, 5.41) is 7.76. The molecular weight excluding hydrogens is 316 g/mol. The van der Waals surface area contributed by atoms with Gasteiger partial charge in [-0.15, -0.1) is 0 Å². The van der Waals surface area contributed by atoms with Gasteiger partial charge in [-0.3, -0.25) is 4.79 Å². The van der Waals surface area contributed by atoms with Gasteiger partial charge < -0.3 is 4.42 Å². The van der Waals surface area contributed by atoms with Crippen LogP contribution in [0.25, 0.3) is 32.7 Å². The second-order valence-electron chi connectivity index (χ2n) is 5.79. The van der Waals surface area contributed by atoms with Crippen LogP contribution in [0.15, 0.2) is 75.8 Å². The van der Waals surface area contributed by atoms with Gasteiger partial charge in [0.2, 0.25) is 0 Å². The lowest BCUT2D eigenvalue weighted by Crippen LogP contribution is -2.00. The van der Waals surface area contributed by atoms with Crippen molar-refractivity contribution in [3.05, 3.63) is 82.6 Å². The maximum absolute atomic E-state index is 13.1. The van der Waals surface area contributed by atoms with E-state index in [4.69, 9.17) is 4.42 Å². The molecule has 0 bridgehead atoms. The average Bonchev–Trinajstić information content (AvgIpc) is 3.28. The number of benzene rings is 3. The SMILES string of the molecule is O=C(c1ccsc1)c1cc2ccccc2c2oc3ccccc3c12. The monoisotopic (exact) mass is 328 g/mol. The summed E-state index contributed by atoms with van der Waals surface area (Å²) in [7, 11) is 0. The highest BCUT2D eigenvalue weighted by molar-refractivity contribution is 7.08. The second-order valence-corrected chi connectivity index (χ2v) is 6.57. The van der Waals surface area contributed by atoms with Crippen molar-refractivity contribution < 1.29 is 9.21 Å². The van der Waals surface area contributed by atoms with Crippen molar-refractivity contribution in [3.63, 3.8) is 0 Å². The van der Waals surface area contributed by atoms with E-state index < -0.39 is 0 Å². The number of furan rings is 1. The standard InChI is InChI=1S/C21H12O2S/c22-20(14-9-10-24-12-14)17-11-13-5-1-2-6-15(13)21-19(17)16-7-3-4-8-18(16)23-21/h1-12H. The number of ketones is 1. The van der Waals surface area contributed by atoms with Crippen LogP contribution >= 0.6 is 11.3 Å². The van der Waals surface area contributed by atoms with Crippen LogP contribution in [-0.4, -0.2) is 5.78 Å². The highest BCUT2D eigenvalue weighted by Crippen LogP contribution is 2.37. The molecule has 0 fully saturated rings. The van der Waals surface area contributed by atoms with Crippen molar-refractivity contribution in [3.8, 4) is 0 Å². The highest BCUT2D eigenvalue weighted by atomic mass is 32.1. The fourth-order valence-corrected chi connectivity index (χ4v) is 3.92. The molecule has 0 saturated heterocycles. The molecule has 0 aliphatic carbocycles. The van der Waals surface area contributed by atoms with Gasteiger partial charge in [-0.25, -0.2) is 0 Å². The number of rotatable bonds is 2. The average molecular weight is 328 g/mol. The van der Waals surface area contributed by atoms with Crippen LogP contribution < -0.4 is 0 Å². The fourth-order valence-electron chi connectivity index (χ4n) is 3.29. The first-order valence-corrected chi connectivity index (χ1v) is 8.67. The Morgan fingerprint density at radius 3 is 2.54 bits per heavy atom. The summed E-state index contributed by atoms with van der Waals surface area (Å²) in [5.41, 5.74) is 3.02. The normalized spacial score (nSPS) is 11.5. The van der Waals surface area contributed by atoms with E-state index in [2.05, 4.69) is 0 Å². The van der Waals surface area contributed by atoms with E-state index in [9.17, 15) is 4.79 Å². The van der Waals surface area contributed by atoms with Gasteiger partial charge in [0, 0.05) is 32.7 Å². The molecule has 0 radical (unpaired) electrons. The van der Waals surface area contributed by atoms with Crippen molar-refractivity contribution in [2.45, 2.75) is 0 Å². The van der Waals surface area contributed by atoms with Crippen LogP contribution in [0.5, 0.6) is 0 Å². The third kappa shape index (κ3) is 1.85. The lowest BCUT2D eigenvalue weighted by Gasteiger charge is -2.05. The molecule has 2 aromatic heterocycles. The van der Waals surface area contributed by atoms with E-state index >= 15 is 0 Å². The zero-order chi connectivity index (χ0) is 16.1. The third-order valence-electron chi connectivity index (χ3n) is 4.40. The van der Waals surface area contributed by atoms with Crippen molar-refractivity contribution >= 4 is 49.8 Å². The molecule has 5 rings (SSSR count). The molecule has 3 aromatic carbocycles. The molecule has 0 aliphatic heterocycles. The van der Waals surface area contributed by atoms with Crippen LogP contribution in [-0.2, 0) is 0 Å². The molecule has 5 aromatic rings. The predicted octanol–water partition coefficient (Wildman–Crippen LogP) is 6.03. The van der Waals surface area contributed by atoms with Crippen LogP contribution in [0.1, 0.15) is 15.9 Å². The summed E-state index contributed by atoms with van der Waals surface area (Å²) in [4.78, 5) is 13.1. The number of carbonyl (C=O) groups is 1. The largest absolute Gasteiger partial charge is 0.455 e. The minimum atomic E-state index is 0.0403. The van der Waals surface area contributed by atoms with Gasteiger partial charge in [0.05, 0.1) is 0 Å². The molecule has 0 aliphatic rings. The summed E-state index contributed by atoms with van der Waals surface area (Å²) in [5.74, 6) is 0.0403. The Labute approximate surface area is 141 Å². The Kier molecular flexibility index (Phi) is 2.84. The molecule has 0 amide bonds. The van der Waals surface area contributed by atoms with Crippen LogP contribution in [0.2, 0.25) is 0 Å². The lowest BCUT2D eigenvalue weighted by atomic mass is 9.96. The van der Waals surface area contributed by atoms with E-state index in [1.54, 1.807) is 0 Å². The number of para-hydroxylation sites is 1. The molecule has 0 saturated carbocycles. The van der Waals surface area contributed by atoms with Gasteiger partial charge in [0.1, 0.15) is 11.2 Å². The van der Waals surface area contributed by atoms with Crippen molar-refractivity contribution in [2.24, 2.45) is 0 Å². The first-order chi connectivity index (χ1) is 11.8. The highest BCUT2D eigenvalue weighted by Gasteiger charge is 2.20. The van der Waals surface area contributed by atoms with E-state index in [-0.39, 0.29) is 5.78 Å². The molecule has 2 nitrogen and oxygen atoms in total. The molecule has 3 heteroatoms. The van der Waals surface area contributed by atoms with Gasteiger partial charge in [0.15, 0.2) is 5.78 Å². The maximum atomic E-state index is 13.1. The first-order valence-electron chi connectivity index (χ1n) is 7.73. The summed E-state index contributed by atoms with van der Waals surface area (Å²) in [6.07, 6.45) is 0. The Hall–Kier alpha value is -2.91. The molecule has 114 valence electrons. The van der Waals surface area contributed by atoms with Crippen molar-refractivity contribution in [2.75, 3.05) is 0 Å². The van der Waals surface area contributed by atoms with E-state index in [1.165, 1.54) is 11.3 Å². The Morgan fingerprint density at radius 1 is 0.917 bits per heavy atom. The zero-order valence-electron chi connectivity index (χ0n) is 12.7. The fraction of sp³-hybridized carbons (Fsp3) is 0. The minimum absolute atomic E-state index is 0.0403.